The van der Waals surface area contributed by atoms with Crippen LogP contribution in [0.5, 0.6) is 0 Å². The summed E-state index contributed by atoms with van der Waals surface area (Å²) in [6, 6.07) is 26.6. The van der Waals surface area contributed by atoms with Crippen molar-refractivity contribution in [2.24, 2.45) is 0 Å². The Labute approximate surface area is 189 Å². The molecule has 0 aliphatic carbocycles. The largest absolute Gasteiger partial charge is 0.459 e. The molecule has 154 valence electrons. The fraction of sp³-hybridized carbons (Fsp3) is 0.120. The van der Waals surface area contributed by atoms with Gasteiger partial charge in [-0.2, -0.15) is 0 Å². The van der Waals surface area contributed by atoms with Crippen molar-refractivity contribution in [1.82, 2.24) is 4.98 Å². The van der Waals surface area contributed by atoms with Gasteiger partial charge in [-0.15, -0.1) is 11.3 Å². The van der Waals surface area contributed by atoms with E-state index in [2.05, 4.69) is 34.1 Å². The summed E-state index contributed by atoms with van der Waals surface area (Å²) < 4.78 is 5.52. The van der Waals surface area contributed by atoms with Crippen molar-refractivity contribution in [2.75, 3.05) is 11.4 Å². The monoisotopic (exact) mass is 444 g/mol. The smallest absolute Gasteiger partial charge is 0.307 e. The van der Waals surface area contributed by atoms with Gasteiger partial charge in [0.1, 0.15) is 11.6 Å². The van der Waals surface area contributed by atoms with Gasteiger partial charge in [0.15, 0.2) is 0 Å². The Bertz CT molecular complexity index is 1160. The molecular weight excluding hydrogens is 424 g/mol. The summed E-state index contributed by atoms with van der Waals surface area (Å²) in [4.78, 5) is 21.7. The third kappa shape index (κ3) is 4.36. The first-order chi connectivity index (χ1) is 15.3. The summed E-state index contributed by atoms with van der Waals surface area (Å²) in [6.07, 6.45) is 0.309. The minimum absolute atomic E-state index is 0.200. The average molecular weight is 445 g/mol. The van der Waals surface area contributed by atoms with E-state index in [-0.39, 0.29) is 12.6 Å². The number of rotatable bonds is 6. The van der Waals surface area contributed by atoms with Crippen molar-refractivity contribution in [2.45, 2.75) is 22.8 Å². The number of nitrogens with zero attached hydrogens (tertiary/aromatic N) is 2. The van der Waals surface area contributed by atoms with Gasteiger partial charge < -0.3 is 9.64 Å². The highest BCUT2D eigenvalue weighted by Crippen LogP contribution is 2.47. The van der Waals surface area contributed by atoms with Gasteiger partial charge in [-0.05, 0) is 24.3 Å². The van der Waals surface area contributed by atoms with E-state index in [4.69, 9.17) is 4.74 Å². The van der Waals surface area contributed by atoms with Crippen LogP contribution in [0.1, 0.15) is 12.1 Å². The molecule has 2 heterocycles. The number of aromatic nitrogens is 1. The van der Waals surface area contributed by atoms with Crippen LogP contribution in [0.25, 0.3) is 10.6 Å². The van der Waals surface area contributed by atoms with Crippen molar-refractivity contribution < 1.29 is 9.53 Å². The summed E-state index contributed by atoms with van der Waals surface area (Å²) in [7, 11) is 0. The van der Waals surface area contributed by atoms with Crippen LogP contribution in [0.2, 0.25) is 0 Å². The predicted molar refractivity (Wildman–Crippen MR) is 126 cm³/mol. The van der Waals surface area contributed by atoms with Crippen LogP contribution in [0.4, 0.5) is 11.4 Å². The fourth-order valence-electron chi connectivity index (χ4n) is 3.54. The third-order valence-electron chi connectivity index (χ3n) is 5.03. The van der Waals surface area contributed by atoms with Crippen molar-refractivity contribution in [3.05, 3.63) is 89.9 Å². The third-order valence-corrected chi connectivity index (χ3v) is 7.10. The minimum Gasteiger partial charge on any atom is -0.459 e. The van der Waals surface area contributed by atoms with Gasteiger partial charge in [0.25, 0.3) is 0 Å². The highest BCUT2D eigenvalue weighted by molar-refractivity contribution is 7.99. The van der Waals surface area contributed by atoms with Crippen molar-refractivity contribution in [3.63, 3.8) is 0 Å². The Hall–Kier alpha value is -3.09. The van der Waals surface area contributed by atoms with Crippen molar-refractivity contribution in [3.8, 4) is 10.6 Å². The molecular formula is C25H20N2O2S2. The lowest BCUT2D eigenvalue weighted by molar-refractivity contribution is -0.144. The summed E-state index contributed by atoms with van der Waals surface area (Å²) in [5, 5.41) is 2.88. The maximum Gasteiger partial charge on any atom is 0.307 e. The summed E-state index contributed by atoms with van der Waals surface area (Å²) in [6.45, 7) is 0.769. The number of carbonyl (C=O) groups is 1. The maximum absolute atomic E-state index is 12.5. The number of fused-ring (bicyclic) bond motifs is 2. The SMILES string of the molecule is O=C(CCN1c2ccccc2Sc2ccccc21)OCc1csc(-c2ccccc2)n1. The lowest BCUT2D eigenvalue weighted by Crippen LogP contribution is -2.24. The number of anilines is 2. The predicted octanol–water partition coefficient (Wildman–Crippen LogP) is 6.55. The normalized spacial score (nSPS) is 12.2. The first-order valence-electron chi connectivity index (χ1n) is 10.1. The van der Waals surface area contributed by atoms with Crippen molar-refractivity contribution >= 4 is 40.4 Å². The molecule has 1 aromatic heterocycles. The van der Waals surface area contributed by atoms with Crippen LogP contribution in [0.3, 0.4) is 0 Å². The molecule has 0 N–H and O–H groups in total. The van der Waals surface area contributed by atoms with E-state index in [0.29, 0.717) is 13.0 Å². The second kappa shape index (κ2) is 8.96. The maximum atomic E-state index is 12.5. The number of thiazole rings is 1. The van der Waals surface area contributed by atoms with Gasteiger partial charge in [0, 0.05) is 27.3 Å². The van der Waals surface area contributed by atoms with Gasteiger partial charge in [-0.1, -0.05) is 66.4 Å². The van der Waals surface area contributed by atoms with Gasteiger partial charge in [-0.25, -0.2) is 4.98 Å². The van der Waals surface area contributed by atoms with E-state index >= 15 is 0 Å². The van der Waals surface area contributed by atoms with Crippen molar-refractivity contribution in [1.29, 1.82) is 0 Å². The fourth-order valence-corrected chi connectivity index (χ4v) is 5.44. The lowest BCUT2D eigenvalue weighted by Gasteiger charge is -2.32. The number of hydrogen-bond donors (Lipinski definition) is 0. The van der Waals surface area contributed by atoms with Gasteiger partial charge in [0.2, 0.25) is 0 Å². The molecule has 4 aromatic rings. The van der Waals surface area contributed by atoms with Crippen LogP contribution in [-0.4, -0.2) is 17.5 Å². The highest BCUT2D eigenvalue weighted by Gasteiger charge is 2.23. The van der Waals surface area contributed by atoms with E-state index < -0.39 is 0 Å². The van der Waals surface area contributed by atoms with Crippen LogP contribution in [-0.2, 0) is 16.1 Å². The van der Waals surface area contributed by atoms with E-state index in [0.717, 1.165) is 27.6 Å². The molecule has 5 rings (SSSR count). The Morgan fingerprint density at radius 3 is 2.23 bits per heavy atom. The topological polar surface area (TPSA) is 42.4 Å². The zero-order valence-electron chi connectivity index (χ0n) is 16.7. The zero-order valence-corrected chi connectivity index (χ0v) is 18.4. The van der Waals surface area contributed by atoms with E-state index in [1.54, 1.807) is 23.1 Å². The zero-order chi connectivity index (χ0) is 21.0. The van der Waals surface area contributed by atoms with Crippen LogP contribution < -0.4 is 4.90 Å². The summed E-state index contributed by atoms with van der Waals surface area (Å²) >= 11 is 3.33. The highest BCUT2D eigenvalue weighted by atomic mass is 32.2. The first-order valence-corrected chi connectivity index (χ1v) is 11.8. The van der Waals surface area contributed by atoms with Crippen LogP contribution in [0, 0.1) is 0 Å². The molecule has 0 unspecified atom stereocenters. The Morgan fingerprint density at radius 1 is 0.871 bits per heavy atom. The second-order valence-electron chi connectivity index (χ2n) is 7.11. The molecule has 6 heteroatoms. The molecule has 0 amide bonds. The van der Waals surface area contributed by atoms with Crippen LogP contribution >= 0.6 is 23.1 Å². The number of carbonyl (C=O) groups excluding carboxylic acids is 1. The molecule has 1 aliphatic heterocycles. The molecule has 0 fully saturated rings. The Balaban J connectivity index is 1.22. The first kappa shape index (κ1) is 19.8. The lowest BCUT2D eigenvalue weighted by atomic mass is 10.2. The van der Waals surface area contributed by atoms with E-state index in [1.807, 2.05) is 60.0 Å². The molecule has 0 bridgehead atoms. The van der Waals surface area contributed by atoms with Crippen LogP contribution in [0.15, 0.2) is 94.0 Å². The van der Waals surface area contributed by atoms with Gasteiger partial charge in [0.05, 0.1) is 23.5 Å². The molecule has 3 aromatic carbocycles. The number of ether oxygens (including phenoxy) is 1. The molecule has 31 heavy (non-hydrogen) atoms. The number of hydrogen-bond acceptors (Lipinski definition) is 6. The number of para-hydroxylation sites is 2. The van der Waals surface area contributed by atoms with Gasteiger partial charge in [-0.3, -0.25) is 4.79 Å². The number of benzene rings is 3. The molecule has 0 atom stereocenters. The molecule has 0 spiro atoms. The standard InChI is InChI=1S/C25H20N2O2S2/c28-24(29-16-19-17-30-25(26-19)18-8-2-1-3-9-18)14-15-27-20-10-4-6-12-22(20)31-23-13-7-5-11-21(23)27/h1-13,17H,14-16H2. The molecule has 1 aliphatic rings. The second-order valence-corrected chi connectivity index (χ2v) is 9.05. The minimum atomic E-state index is -0.220. The average Bonchev–Trinajstić information content (AvgIpc) is 3.30. The molecule has 0 radical (unpaired) electrons. The summed E-state index contributed by atoms with van der Waals surface area (Å²) in [5.41, 5.74) is 4.12. The number of esters is 1. The summed E-state index contributed by atoms with van der Waals surface area (Å²) in [5.74, 6) is -0.220. The Kier molecular flexibility index (Phi) is 5.74. The Morgan fingerprint density at radius 2 is 1.52 bits per heavy atom. The molecule has 0 saturated carbocycles. The van der Waals surface area contributed by atoms with E-state index in [1.165, 1.54) is 9.79 Å². The van der Waals surface area contributed by atoms with Gasteiger partial charge >= 0.3 is 5.97 Å². The molecule has 0 saturated heterocycles. The van der Waals surface area contributed by atoms with E-state index in [9.17, 15) is 4.79 Å². The molecule has 4 nitrogen and oxygen atoms in total. The quantitative estimate of drug-likeness (QED) is 0.316.